The summed E-state index contributed by atoms with van der Waals surface area (Å²) in [5, 5.41) is 12.1. The first-order chi connectivity index (χ1) is 15.8. The van der Waals surface area contributed by atoms with Gasteiger partial charge in [-0.2, -0.15) is 0 Å². The van der Waals surface area contributed by atoms with E-state index in [9.17, 15) is 23.5 Å². The molecule has 0 aliphatic carbocycles. The van der Waals surface area contributed by atoms with Gasteiger partial charge in [-0.05, 0) is 48.6 Å². The molecule has 33 heavy (non-hydrogen) atoms. The Labute approximate surface area is 187 Å². The van der Waals surface area contributed by atoms with Gasteiger partial charge in [0, 0.05) is 24.9 Å². The number of rotatable bonds is 1. The number of carbonyl (C=O) groups is 1. The molecule has 1 aromatic heterocycles. The SMILES string of the molecule is CN1C(=O)c2c(O)c(=O)ccn2N2[C@H](c3ccccc3F)c3cc(F)c(F)cc3CCC[C@@H]12. The Balaban J connectivity index is 1.87. The average Bonchev–Trinajstić information content (AvgIpc) is 2.78. The molecule has 1 amide bonds. The highest BCUT2D eigenvalue weighted by Gasteiger charge is 2.43. The number of aromatic hydroxyl groups is 1. The molecule has 6 nitrogen and oxygen atoms in total. The second kappa shape index (κ2) is 7.68. The van der Waals surface area contributed by atoms with Crippen LogP contribution in [0.15, 0.2) is 53.5 Å². The van der Waals surface area contributed by atoms with E-state index in [1.807, 2.05) is 0 Å². The zero-order valence-corrected chi connectivity index (χ0v) is 17.6. The molecule has 0 bridgehead atoms. The maximum Gasteiger partial charge on any atom is 0.277 e. The van der Waals surface area contributed by atoms with Crippen LogP contribution in [0.5, 0.6) is 5.75 Å². The number of pyridine rings is 1. The first-order valence-electron chi connectivity index (χ1n) is 10.5. The van der Waals surface area contributed by atoms with Gasteiger partial charge < -0.3 is 10.0 Å². The van der Waals surface area contributed by atoms with Crippen LogP contribution >= 0.6 is 0 Å². The third kappa shape index (κ3) is 3.18. The van der Waals surface area contributed by atoms with E-state index in [0.717, 1.165) is 18.2 Å². The highest BCUT2D eigenvalue weighted by Crippen LogP contribution is 2.40. The predicted octanol–water partition coefficient (Wildman–Crippen LogP) is 3.45. The van der Waals surface area contributed by atoms with Gasteiger partial charge in [-0.1, -0.05) is 18.2 Å². The monoisotopic (exact) mass is 455 g/mol. The number of aryl methyl sites for hydroxylation is 1. The second-order valence-corrected chi connectivity index (χ2v) is 8.28. The van der Waals surface area contributed by atoms with Crippen LogP contribution in [0.2, 0.25) is 0 Å². The maximum atomic E-state index is 15.2. The van der Waals surface area contributed by atoms with Gasteiger partial charge in [-0.25, -0.2) is 13.2 Å². The molecule has 170 valence electrons. The number of halogens is 3. The lowest BCUT2D eigenvalue weighted by Crippen LogP contribution is -2.61. The Morgan fingerprint density at radius 2 is 1.70 bits per heavy atom. The van der Waals surface area contributed by atoms with Crippen LogP contribution < -0.4 is 10.4 Å². The fourth-order valence-corrected chi connectivity index (χ4v) is 4.85. The van der Waals surface area contributed by atoms with Crippen molar-refractivity contribution in [3.8, 4) is 5.75 Å². The molecular formula is C24H20F3N3O3. The summed E-state index contributed by atoms with van der Waals surface area (Å²) in [7, 11) is 1.53. The normalized spacial score (nSPS) is 19.9. The Morgan fingerprint density at radius 3 is 2.45 bits per heavy atom. The molecule has 0 saturated carbocycles. The van der Waals surface area contributed by atoms with Crippen LogP contribution in [0.3, 0.4) is 0 Å². The summed E-state index contributed by atoms with van der Waals surface area (Å²) in [6.07, 6.45) is 2.13. The molecule has 9 heteroatoms. The van der Waals surface area contributed by atoms with E-state index in [1.165, 1.54) is 35.0 Å². The van der Waals surface area contributed by atoms with Crippen LogP contribution in [0, 0.1) is 17.5 Å². The van der Waals surface area contributed by atoms with Gasteiger partial charge in [0.2, 0.25) is 5.43 Å². The van der Waals surface area contributed by atoms with Crippen molar-refractivity contribution in [1.29, 1.82) is 0 Å². The molecule has 5 rings (SSSR count). The number of nitrogens with zero attached hydrogens (tertiary/aromatic N) is 3. The van der Waals surface area contributed by atoms with Crippen molar-refractivity contribution in [2.75, 3.05) is 12.1 Å². The van der Waals surface area contributed by atoms with Crippen LogP contribution in [-0.2, 0) is 6.42 Å². The molecule has 0 unspecified atom stereocenters. The van der Waals surface area contributed by atoms with Crippen molar-refractivity contribution in [2.24, 2.45) is 0 Å². The van der Waals surface area contributed by atoms with Gasteiger partial charge in [-0.3, -0.25) is 19.3 Å². The molecule has 3 heterocycles. The van der Waals surface area contributed by atoms with E-state index in [2.05, 4.69) is 0 Å². The van der Waals surface area contributed by atoms with Gasteiger partial charge in [0.1, 0.15) is 18.0 Å². The van der Waals surface area contributed by atoms with Gasteiger partial charge in [0.25, 0.3) is 5.91 Å². The molecule has 0 fully saturated rings. The molecular weight excluding hydrogens is 435 g/mol. The standard InChI is InChI=1S/C24H20F3N3O3/c1-28-20-8-4-5-13-11-17(26)18(27)12-15(13)21(14-6-2-3-7-16(14)25)30(20)29-10-9-19(31)23(32)22(29)24(28)33/h2-3,6-7,9-12,20-21,32H,4-5,8H2,1H3/t20-,21+/m0/s1. The predicted molar refractivity (Wildman–Crippen MR) is 114 cm³/mol. The lowest BCUT2D eigenvalue weighted by Gasteiger charge is -2.50. The topological polar surface area (TPSA) is 65.8 Å². The largest absolute Gasteiger partial charge is 0.502 e. The Hall–Kier alpha value is -3.75. The van der Waals surface area contributed by atoms with Crippen molar-refractivity contribution >= 4 is 5.91 Å². The Bertz CT molecular complexity index is 1340. The molecule has 2 atom stereocenters. The highest BCUT2D eigenvalue weighted by molar-refractivity contribution is 5.96. The van der Waals surface area contributed by atoms with Gasteiger partial charge >= 0.3 is 0 Å². The minimum atomic E-state index is -1.07. The molecule has 0 saturated heterocycles. The number of amides is 1. The van der Waals surface area contributed by atoms with E-state index in [1.54, 1.807) is 17.1 Å². The third-order valence-electron chi connectivity index (χ3n) is 6.43. The number of aromatic nitrogens is 1. The van der Waals surface area contributed by atoms with Gasteiger partial charge in [-0.15, -0.1) is 0 Å². The Morgan fingerprint density at radius 1 is 0.970 bits per heavy atom. The zero-order chi connectivity index (χ0) is 23.4. The van der Waals surface area contributed by atoms with Crippen LogP contribution in [0.1, 0.15) is 46.1 Å². The molecule has 0 radical (unpaired) electrons. The summed E-state index contributed by atoms with van der Waals surface area (Å²) >= 11 is 0. The molecule has 0 spiro atoms. The van der Waals surface area contributed by atoms with E-state index in [0.29, 0.717) is 30.4 Å². The Kier molecular flexibility index (Phi) is 4.92. The van der Waals surface area contributed by atoms with Crippen LogP contribution in [0.25, 0.3) is 0 Å². The van der Waals surface area contributed by atoms with E-state index in [-0.39, 0.29) is 11.3 Å². The minimum absolute atomic E-state index is 0.184. The summed E-state index contributed by atoms with van der Waals surface area (Å²) in [5.74, 6) is -3.93. The lowest BCUT2D eigenvalue weighted by atomic mass is 9.88. The average molecular weight is 455 g/mol. The molecule has 2 aromatic carbocycles. The molecule has 1 N–H and O–H groups in total. The number of hydrogen-bond acceptors (Lipinski definition) is 4. The lowest BCUT2D eigenvalue weighted by molar-refractivity contribution is 0.0599. The fourth-order valence-electron chi connectivity index (χ4n) is 4.85. The van der Waals surface area contributed by atoms with Crippen molar-refractivity contribution in [1.82, 2.24) is 9.58 Å². The van der Waals surface area contributed by atoms with Gasteiger partial charge in [0.15, 0.2) is 23.1 Å². The number of hydrogen-bond donors (Lipinski definition) is 1. The van der Waals surface area contributed by atoms with Crippen molar-refractivity contribution < 1.29 is 23.1 Å². The van der Waals surface area contributed by atoms with E-state index >= 15 is 4.39 Å². The fraction of sp³-hybridized carbons (Fsp3) is 0.250. The van der Waals surface area contributed by atoms with Crippen LogP contribution in [0.4, 0.5) is 13.2 Å². The summed E-state index contributed by atoms with van der Waals surface area (Å²) < 4.78 is 45.1. The summed E-state index contributed by atoms with van der Waals surface area (Å²) in [4.78, 5) is 26.6. The van der Waals surface area contributed by atoms with Crippen molar-refractivity contribution in [2.45, 2.75) is 31.5 Å². The smallest absolute Gasteiger partial charge is 0.277 e. The minimum Gasteiger partial charge on any atom is -0.502 e. The maximum absolute atomic E-state index is 15.2. The van der Waals surface area contributed by atoms with E-state index in [4.69, 9.17) is 0 Å². The first kappa shape index (κ1) is 21.1. The molecule has 3 aromatic rings. The zero-order valence-electron chi connectivity index (χ0n) is 17.6. The highest BCUT2D eigenvalue weighted by atomic mass is 19.2. The summed E-state index contributed by atoms with van der Waals surface area (Å²) in [6, 6.07) is 8.29. The molecule has 2 aliphatic rings. The third-order valence-corrected chi connectivity index (χ3v) is 6.43. The van der Waals surface area contributed by atoms with Crippen molar-refractivity contribution in [3.63, 3.8) is 0 Å². The van der Waals surface area contributed by atoms with Crippen LogP contribution in [-0.4, -0.2) is 33.8 Å². The first-order valence-corrected chi connectivity index (χ1v) is 10.5. The molecule has 2 aliphatic heterocycles. The quantitative estimate of drug-likeness (QED) is 0.611. The number of carbonyl (C=O) groups excluding carboxylic acids is 1. The number of benzene rings is 2. The van der Waals surface area contributed by atoms with E-state index < -0.39 is 46.7 Å². The van der Waals surface area contributed by atoms with Crippen molar-refractivity contribution in [3.05, 3.63) is 98.7 Å². The summed E-state index contributed by atoms with van der Waals surface area (Å²) in [5.41, 5.74) is 0.0443. The van der Waals surface area contributed by atoms with Gasteiger partial charge in [0.05, 0.1) is 0 Å². The number of fused-ring (bicyclic) bond motifs is 4. The summed E-state index contributed by atoms with van der Waals surface area (Å²) in [6.45, 7) is 0. The second-order valence-electron chi connectivity index (χ2n) is 8.28.